The second-order valence-corrected chi connectivity index (χ2v) is 2.61. The molecule has 62 valence electrons. The number of nitrogens with one attached hydrogen (secondary N) is 1. The smallest absolute Gasteiger partial charge is 0.0667 e. The van der Waals surface area contributed by atoms with E-state index in [4.69, 9.17) is 9.84 Å². The fraction of sp³-hybridized carbons (Fsp3) is 1.00. The third kappa shape index (κ3) is 3.15. The Morgan fingerprint density at radius 1 is 1.60 bits per heavy atom. The van der Waals surface area contributed by atoms with E-state index in [-0.39, 0.29) is 12.1 Å². The van der Waals surface area contributed by atoms with Crippen LogP contribution in [-0.4, -0.2) is 37.5 Å². The first-order valence-electron chi connectivity index (χ1n) is 3.56. The number of likely N-dealkylation sites (N-methyl/N-ethyl adjacent to an activating group) is 1. The number of aliphatic hydroxyl groups is 1. The molecular weight excluding hydrogens is 130 g/mol. The van der Waals surface area contributed by atoms with Crippen molar-refractivity contribution >= 4 is 0 Å². The predicted molar refractivity (Wildman–Crippen MR) is 41.0 cm³/mol. The van der Waals surface area contributed by atoms with Crippen LogP contribution in [0.4, 0.5) is 0 Å². The summed E-state index contributed by atoms with van der Waals surface area (Å²) in [4.78, 5) is 0. The van der Waals surface area contributed by atoms with Crippen LogP contribution in [-0.2, 0) is 4.74 Å². The molecule has 0 aromatic rings. The first kappa shape index (κ1) is 9.88. The Bertz CT molecular complexity index is 81.7. The molecule has 1 unspecified atom stereocenters. The van der Waals surface area contributed by atoms with Crippen molar-refractivity contribution in [1.29, 1.82) is 0 Å². The fourth-order valence-corrected chi connectivity index (χ4v) is 0.524. The number of rotatable bonds is 5. The van der Waals surface area contributed by atoms with Gasteiger partial charge in [0.15, 0.2) is 0 Å². The second-order valence-electron chi connectivity index (χ2n) is 2.61. The van der Waals surface area contributed by atoms with Crippen molar-refractivity contribution in [1.82, 2.24) is 5.32 Å². The molecule has 0 fully saturated rings. The van der Waals surface area contributed by atoms with Gasteiger partial charge in [0.25, 0.3) is 0 Å². The van der Waals surface area contributed by atoms with Crippen LogP contribution < -0.4 is 5.32 Å². The van der Waals surface area contributed by atoms with Crippen LogP contribution in [0.5, 0.6) is 0 Å². The van der Waals surface area contributed by atoms with E-state index < -0.39 is 0 Å². The van der Waals surface area contributed by atoms with Crippen LogP contribution in [0.3, 0.4) is 0 Å². The van der Waals surface area contributed by atoms with Gasteiger partial charge in [-0.1, -0.05) is 0 Å². The first-order valence-corrected chi connectivity index (χ1v) is 3.56. The average molecular weight is 147 g/mol. The molecule has 0 radical (unpaired) electrons. The fourth-order valence-electron chi connectivity index (χ4n) is 0.524. The van der Waals surface area contributed by atoms with Crippen molar-refractivity contribution in [2.24, 2.45) is 0 Å². The van der Waals surface area contributed by atoms with Crippen LogP contribution in [0.2, 0.25) is 0 Å². The topological polar surface area (TPSA) is 41.5 Å². The summed E-state index contributed by atoms with van der Waals surface area (Å²) in [7, 11) is 1.81. The maximum Gasteiger partial charge on any atom is 0.0667 e. The molecule has 0 aliphatic carbocycles. The Hall–Kier alpha value is -0.120. The molecule has 0 aliphatic heterocycles. The Labute approximate surface area is 62.4 Å². The van der Waals surface area contributed by atoms with E-state index in [1.165, 1.54) is 0 Å². The zero-order chi connectivity index (χ0) is 8.04. The summed E-state index contributed by atoms with van der Waals surface area (Å²) in [5, 5.41) is 11.9. The summed E-state index contributed by atoms with van der Waals surface area (Å²) in [6.45, 7) is 5.20. The summed E-state index contributed by atoms with van der Waals surface area (Å²) < 4.78 is 5.16. The predicted octanol–water partition coefficient (Wildman–Crippen LogP) is -0.00670. The van der Waals surface area contributed by atoms with Crippen molar-refractivity contribution in [3.63, 3.8) is 0 Å². The monoisotopic (exact) mass is 147 g/mol. The summed E-state index contributed by atoms with van der Waals surface area (Å²) >= 11 is 0. The minimum atomic E-state index is -0.282. The van der Waals surface area contributed by atoms with Crippen LogP contribution >= 0.6 is 0 Å². The maximum atomic E-state index is 8.87. The van der Waals surface area contributed by atoms with Gasteiger partial charge >= 0.3 is 0 Å². The van der Waals surface area contributed by atoms with Gasteiger partial charge in [-0.15, -0.1) is 0 Å². The lowest BCUT2D eigenvalue weighted by atomic mass is 10.1. The SMILES string of the molecule is CCOCC(C)(CO)NC. The molecule has 0 heterocycles. The van der Waals surface area contributed by atoms with Gasteiger partial charge < -0.3 is 15.2 Å². The van der Waals surface area contributed by atoms with Gasteiger partial charge in [-0.2, -0.15) is 0 Å². The summed E-state index contributed by atoms with van der Waals surface area (Å²) in [5.74, 6) is 0. The Morgan fingerprint density at radius 3 is 2.50 bits per heavy atom. The van der Waals surface area contributed by atoms with Crippen molar-refractivity contribution in [3.05, 3.63) is 0 Å². The summed E-state index contributed by atoms with van der Waals surface area (Å²) in [6, 6.07) is 0. The third-order valence-electron chi connectivity index (χ3n) is 1.58. The second kappa shape index (κ2) is 4.66. The van der Waals surface area contributed by atoms with E-state index in [0.29, 0.717) is 13.2 Å². The molecule has 3 nitrogen and oxygen atoms in total. The van der Waals surface area contributed by atoms with Gasteiger partial charge in [-0.25, -0.2) is 0 Å². The van der Waals surface area contributed by atoms with Gasteiger partial charge in [0.1, 0.15) is 0 Å². The van der Waals surface area contributed by atoms with E-state index in [0.717, 1.165) is 0 Å². The van der Waals surface area contributed by atoms with E-state index in [1.54, 1.807) is 0 Å². The molecule has 0 amide bonds. The van der Waals surface area contributed by atoms with E-state index >= 15 is 0 Å². The molecule has 3 heteroatoms. The van der Waals surface area contributed by atoms with E-state index in [1.807, 2.05) is 20.9 Å². The highest BCUT2D eigenvalue weighted by Crippen LogP contribution is 2.00. The number of hydrogen-bond acceptors (Lipinski definition) is 3. The minimum absolute atomic E-state index is 0.101. The molecule has 0 saturated heterocycles. The molecular formula is C7H17NO2. The quantitative estimate of drug-likeness (QED) is 0.575. The van der Waals surface area contributed by atoms with E-state index in [2.05, 4.69) is 5.32 Å². The van der Waals surface area contributed by atoms with Crippen LogP contribution in [0.25, 0.3) is 0 Å². The molecule has 10 heavy (non-hydrogen) atoms. The first-order chi connectivity index (χ1) is 4.68. The lowest BCUT2D eigenvalue weighted by Crippen LogP contribution is -2.47. The number of ether oxygens (including phenoxy) is 1. The zero-order valence-electron chi connectivity index (χ0n) is 6.98. The molecule has 0 spiro atoms. The van der Waals surface area contributed by atoms with Gasteiger partial charge in [0.2, 0.25) is 0 Å². The highest BCUT2D eigenvalue weighted by Gasteiger charge is 2.19. The zero-order valence-corrected chi connectivity index (χ0v) is 6.98. The summed E-state index contributed by atoms with van der Waals surface area (Å²) in [6.07, 6.45) is 0. The largest absolute Gasteiger partial charge is 0.394 e. The molecule has 0 aromatic heterocycles. The van der Waals surface area contributed by atoms with Gasteiger partial charge in [0, 0.05) is 6.61 Å². The van der Waals surface area contributed by atoms with Crippen molar-refractivity contribution < 1.29 is 9.84 Å². The van der Waals surface area contributed by atoms with Gasteiger partial charge in [-0.05, 0) is 20.9 Å². The Balaban J connectivity index is 3.58. The molecule has 0 rings (SSSR count). The molecule has 2 N–H and O–H groups in total. The normalized spacial score (nSPS) is 16.8. The summed E-state index contributed by atoms with van der Waals surface area (Å²) in [5.41, 5.74) is -0.282. The minimum Gasteiger partial charge on any atom is -0.394 e. The van der Waals surface area contributed by atoms with Crippen molar-refractivity contribution in [3.8, 4) is 0 Å². The molecule has 1 atom stereocenters. The molecule has 0 aromatic carbocycles. The molecule has 0 saturated carbocycles. The van der Waals surface area contributed by atoms with E-state index in [9.17, 15) is 0 Å². The van der Waals surface area contributed by atoms with Crippen LogP contribution in [0.15, 0.2) is 0 Å². The van der Waals surface area contributed by atoms with Crippen LogP contribution in [0, 0.1) is 0 Å². The van der Waals surface area contributed by atoms with Crippen molar-refractivity contribution in [2.45, 2.75) is 19.4 Å². The van der Waals surface area contributed by atoms with Gasteiger partial charge in [0.05, 0.1) is 18.8 Å². The lowest BCUT2D eigenvalue weighted by molar-refractivity contribution is 0.0547. The highest BCUT2D eigenvalue weighted by atomic mass is 16.5. The molecule has 0 aliphatic rings. The standard InChI is InChI=1S/C7H17NO2/c1-4-10-6-7(2,5-9)8-3/h8-9H,4-6H2,1-3H3. The number of aliphatic hydroxyl groups excluding tert-OH is 1. The molecule has 0 bridgehead atoms. The average Bonchev–Trinajstić information content (AvgIpc) is 2.00. The third-order valence-corrected chi connectivity index (χ3v) is 1.58. The lowest BCUT2D eigenvalue weighted by Gasteiger charge is -2.25. The van der Waals surface area contributed by atoms with Crippen molar-refractivity contribution in [2.75, 3.05) is 26.9 Å². The Morgan fingerprint density at radius 2 is 2.20 bits per heavy atom. The highest BCUT2D eigenvalue weighted by molar-refractivity contribution is 4.79. The Kier molecular flexibility index (Phi) is 4.60. The van der Waals surface area contributed by atoms with Crippen LogP contribution in [0.1, 0.15) is 13.8 Å². The number of hydrogen-bond donors (Lipinski definition) is 2. The maximum absolute atomic E-state index is 8.87. The van der Waals surface area contributed by atoms with Gasteiger partial charge in [-0.3, -0.25) is 0 Å².